The molecule has 1 aliphatic carbocycles. The molecule has 0 saturated heterocycles. The van der Waals surface area contributed by atoms with Crippen molar-refractivity contribution in [1.82, 2.24) is 24.7 Å². The van der Waals surface area contributed by atoms with E-state index in [0.717, 1.165) is 42.4 Å². The highest BCUT2D eigenvalue weighted by atomic mass is 35.5. The zero-order chi connectivity index (χ0) is 16.5. The molecule has 6 nitrogen and oxygen atoms in total. The van der Waals surface area contributed by atoms with Crippen LogP contribution in [0.2, 0.25) is 5.15 Å². The Morgan fingerprint density at radius 3 is 2.79 bits per heavy atom. The van der Waals surface area contributed by atoms with E-state index in [1.54, 1.807) is 18.6 Å². The zero-order valence-corrected chi connectivity index (χ0v) is 14.1. The summed E-state index contributed by atoms with van der Waals surface area (Å²) in [7, 11) is 1.94. The number of aromatic nitrogens is 5. The maximum absolute atomic E-state index is 6.17. The fraction of sp³-hybridized carbons (Fsp3) is 0.412. The summed E-state index contributed by atoms with van der Waals surface area (Å²) in [6.45, 7) is 0. The van der Waals surface area contributed by atoms with Gasteiger partial charge in [-0.05, 0) is 37.8 Å². The van der Waals surface area contributed by atoms with Gasteiger partial charge in [-0.15, -0.1) is 0 Å². The van der Waals surface area contributed by atoms with Gasteiger partial charge >= 0.3 is 0 Å². The van der Waals surface area contributed by atoms with E-state index in [1.165, 1.54) is 0 Å². The molecule has 0 amide bonds. The lowest BCUT2D eigenvalue weighted by Gasteiger charge is -2.28. The summed E-state index contributed by atoms with van der Waals surface area (Å²) < 4.78 is 8.03. The van der Waals surface area contributed by atoms with Crippen molar-refractivity contribution in [3.8, 4) is 5.88 Å². The van der Waals surface area contributed by atoms with Crippen LogP contribution >= 0.6 is 11.6 Å². The molecule has 1 saturated carbocycles. The second kappa shape index (κ2) is 6.36. The standard InChI is InChI=1S/C17H18ClN5O/c1-23-16(20-10-21-23)11-4-6-12(7-5-11)24-17-13-3-2-8-19-14(13)9-15(18)22-17/h2-3,8-12H,4-7H2,1H3. The number of aryl methyl sites for hydroxylation is 1. The molecular weight excluding hydrogens is 326 g/mol. The van der Waals surface area contributed by atoms with E-state index in [4.69, 9.17) is 16.3 Å². The number of nitrogens with zero attached hydrogens (tertiary/aromatic N) is 5. The fourth-order valence-corrected chi connectivity index (χ4v) is 3.56. The molecule has 1 aliphatic rings. The molecular formula is C17H18ClN5O. The van der Waals surface area contributed by atoms with Gasteiger partial charge in [-0.25, -0.2) is 9.97 Å². The number of hydrogen-bond donors (Lipinski definition) is 0. The van der Waals surface area contributed by atoms with Crippen LogP contribution in [0.25, 0.3) is 10.9 Å². The Labute approximate surface area is 144 Å². The molecule has 0 unspecified atom stereocenters. The third-order valence-electron chi connectivity index (χ3n) is 4.60. The first-order valence-corrected chi connectivity index (χ1v) is 8.50. The monoisotopic (exact) mass is 343 g/mol. The molecule has 1 fully saturated rings. The molecule has 124 valence electrons. The van der Waals surface area contributed by atoms with E-state index in [2.05, 4.69) is 20.1 Å². The van der Waals surface area contributed by atoms with Crippen LogP contribution < -0.4 is 4.74 Å². The lowest BCUT2D eigenvalue weighted by Crippen LogP contribution is -2.25. The number of halogens is 1. The second-order valence-electron chi connectivity index (χ2n) is 6.15. The molecule has 3 aromatic heterocycles. The molecule has 7 heteroatoms. The summed E-state index contributed by atoms with van der Waals surface area (Å²) in [4.78, 5) is 13.1. The van der Waals surface area contributed by atoms with Gasteiger partial charge < -0.3 is 4.74 Å². The average molecular weight is 344 g/mol. The van der Waals surface area contributed by atoms with E-state index in [0.29, 0.717) is 17.0 Å². The van der Waals surface area contributed by atoms with Gasteiger partial charge in [0.25, 0.3) is 0 Å². The molecule has 0 atom stereocenters. The number of fused-ring (bicyclic) bond motifs is 1. The Bertz CT molecular complexity index is 857. The molecule has 4 rings (SSSR count). The minimum atomic E-state index is 0.142. The van der Waals surface area contributed by atoms with Crippen molar-refractivity contribution in [2.24, 2.45) is 7.05 Å². The van der Waals surface area contributed by atoms with E-state index < -0.39 is 0 Å². The molecule has 0 N–H and O–H groups in total. The van der Waals surface area contributed by atoms with Gasteiger partial charge in [-0.1, -0.05) is 11.6 Å². The maximum Gasteiger partial charge on any atom is 0.224 e. The molecule has 0 aliphatic heterocycles. The lowest BCUT2D eigenvalue weighted by molar-refractivity contribution is 0.140. The largest absolute Gasteiger partial charge is 0.474 e. The van der Waals surface area contributed by atoms with Crippen molar-refractivity contribution >= 4 is 22.5 Å². The summed E-state index contributed by atoms with van der Waals surface area (Å²) in [5.41, 5.74) is 0.806. The third kappa shape index (κ3) is 2.94. The summed E-state index contributed by atoms with van der Waals surface area (Å²) in [6, 6.07) is 5.61. The van der Waals surface area contributed by atoms with Crippen molar-refractivity contribution in [2.75, 3.05) is 0 Å². The first-order chi connectivity index (χ1) is 11.7. The van der Waals surface area contributed by atoms with Gasteiger partial charge in [0.2, 0.25) is 5.88 Å². The Morgan fingerprint density at radius 1 is 1.21 bits per heavy atom. The number of pyridine rings is 2. The molecule has 0 spiro atoms. The second-order valence-corrected chi connectivity index (χ2v) is 6.54. The van der Waals surface area contributed by atoms with Crippen LogP contribution in [0.5, 0.6) is 5.88 Å². The van der Waals surface area contributed by atoms with Gasteiger partial charge in [-0.2, -0.15) is 5.10 Å². The average Bonchev–Trinajstić information content (AvgIpc) is 3.01. The number of hydrogen-bond acceptors (Lipinski definition) is 5. The van der Waals surface area contributed by atoms with Crippen molar-refractivity contribution < 1.29 is 4.74 Å². The highest BCUT2D eigenvalue weighted by molar-refractivity contribution is 6.30. The van der Waals surface area contributed by atoms with Crippen LogP contribution in [-0.4, -0.2) is 30.8 Å². The molecule has 0 radical (unpaired) electrons. The Morgan fingerprint density at radius 2 is 2.04 bits per heavy atom. The van der Waals surface area contributed by atoms with Crippen LogP contribution in [0.15, 0.2) is 30.7 Å². The predicted octanol–water partition coefficient (Wildman–Crippen LogP) is 3.52. The predicted molar refractivity (Wildman–Crippen MR) is 91.2 cm³/mol. The van der Waals surface area contributed by atoms with Crippen LogP contribution in [0.1, 0.15) is 37.4 Å². The van der Waals surface area contributed by atoms with Gasteiger partial charge in [0.1, 0.15) is 23.4 Å². The third-order valence-corrected chi connectivity index (χ3v) is 4.79. The quantitative estimate of drug-likeness (QED) is 0.681. The van der Waals surface area contributed by atoms with E-state index in [9.17, 15) is 0 Å². The highest BCUT2D eigenvalue weighted by Gasteiger charge is 2.27. The van der Waals surface area contributed by atoms with Crippen LogP contribution in [0, 0.1) is 0 Å². The minimum absolute atomic E-state index is 0.142. The van der Waals surface area contributed by atoms with Crippen molar-refractivity contribution in [3.63, 3.8) is 0 Å². The summed E-state index contributed by atoms with van der Waals surface area (Å²) in [6.07, 6.45) is 7.51. The van der Waals surface area contributed by atoms with E-state index in [1.807, 2.05) is 23.9 Å². The van der Waals surface area contributed by atoms with Crippen LogP contribution in [0.3, 0.4) is 0 Å². The Kier molecular flexibility index (Phi) is 4.06. The van der Waals surface area contributed by atoms with Gasteiger partial charge in [0.05, 0.1) is 10.9 Å². The molecule has 3 aromatic rings. The van der Waals surface area contributed by atoms with Gasteiger partial charge in [-0.3, -0.25) is 9.67 Å². The normalized spacial score (nSPS) is 21.1. The van der Waals surface area contributed by atoms with Gasteiger partial charge in [0, 0.05) is 25.2 Å². The molecule has 24 heavy (non-hydrogen) atoms. The van der Waals surface area contributed by atoms with Crippen molar-refractivity contribution in [1.29, 1.82) is 0 Å². The molecule has 0 aromatic carbocycles. The number of ether oxygens (including phenoxy) is 1. The number of rotatable bonds is 3. The van der Waals surface area contributed by atoms with Crippen LogP contribution in [-0.2, 0) is 7.05 Å². The van der Waals surface area contributed by atoms with Crippen LogP contribution in [0.4, 0.5) is 0 Å². The smallest absolute Gasteiger partial charge is 0.224 e. The van der Waals surface area contributed by atoms with Crippen molar-refractivity contribution in [2.45, 2.75) is 37.7 Å². The Hall–Kier alpha value is -2.21. The lowest BCUT2D eigenvalue weighted by atomic mass is 9.87. The summed E-state index contributed by atoms with van der Waals surface area (Å²) in [5, 5.41) is 5.47. The minimum Gasteiger partial charge on any atom is -0.474 e. The highest BCUT2D eigenvalue weighted by Crippen LogP contribution is 2.34. The molecule has 0 bridgehead atoms. The maximum atomic E-state index is 6.17. The van der Waals surface area contributed by atoms with E-state index >= 15 is 0 Å². The topological polar surface area (TPSA) is 65.7 Å². The first-order valence-electron chi connectivity index (χ1n) is 8.12. The van der Waals surface area contributed by atoms with Gasteiger partial charge in [0.15, 0.2) is 0 Å². The summed E-state index contributed by atoms with van der Waals surface area (Å²) >= 11 is 6.10. The zero-order valence-electron chi connectivity index (χ0n) is 13.4. The SMILES string of the molecule is Cn1ncnc1C1CCC(Oc2nc(Cl)cc3ncccc23)CC1. The Balaban J connectivity index is 1.49. The van der Waals surface area contributed by atoms with Crippen molar-refractivity contribution in [3.05, 3.63) is 41.7 Å². The summed E-state index contributed by atoms with van der Waals surface area (Å²) in [5.74, 6) is 2.08. The first kappa shape index (κ1) is 15.3. The van der Waals surface area contributed by atoms with E-state index in [-0.39, 0.29) is 6.10 Å². The molecule has 3 heterocycles. The fourth-order valence-electron chi connectivity index (χ4n) is 3.38.